The van der Waals surface area contributed by atoms with E-state index < -0.39 is 11.9 Å². The first kappa shape index (κ1) is 17.7. The number of carbonyl (C=O) groups is 2. The highest BCUT2D eigenvalue weighted by Gasteiger charge is 2.14. The van der Waals surface area contributed by atoms with Crippen molar-refractivity contribution < 1.29 is 9.59 Å². The highest BCUT2D eigenvalue weighted by Crippen LogP contribution is 2.30. The molecule has 0 spiro atoms. The number of primary amides is 1. The maximum atomic E-state index is 12.5. The summed E-state index contributed by atoms with van der Waals surface area (Å²) >= 11 is 1.61. The van der Waals surface area contributed by atoms with Crippen LogP contribution in [0.2, 0.25) is 0 Å². The van der Waals surface area contributed by atoms with Crippen LogP contribution in [-0.4, -0.2) is 11.8 Å². The van der Waals surface area contributed by atoms with Crippen molar-refractivity contribution in [2.45, 2.75) is 6.04 Å². The summed E-state index contributed by atoms with van der Waals surface area (Å²) in [6.45, 7) is 0. The van der Waals surface area contributed by atoms with Crippen molar-refractivity contribution >= 4 is 34.5 Å². The molecule has 26 heavy (non-hydrogen) atoms. The summed E-state index contributed by atoms with van der Waals surface area (Å²) in [5.41, 5.74) is 19.8. The summed E-state index contributed by atoms with van der Waals surface area (Å²) in [6, 6.07) is 15.0. The van der Waals surface area contributed by atoms with Gasteiger partial charge in [-0.15, -0.1) is 11.3 Å². The Kier molecular flexibility index (Phi) is 5.01. The summed E-state index contributed by atoms with van der Waals surface area (Å²) in [7, 11) is 0. The number of amides is 2. The SMILES string of the molecule is NC(=O)[C@H](N)c1ccc(C(=O)Nc2cc(-c3cccs3)ccc2N)cc1. The molecule has 2 amide bonds. The molecule has 0 unspecified atom stereocenters. The molecular weight excluding hydrogens is 348 g/mol. The van der Waals surface area contributed by atoms with Crippen LogP contribution in [0, 0.1) is 0 Å². The fourth-order valence-corrected chi connectivity index (χ4v) is 3.19. The Morgan fingerprint density at radius 3 is 2.38 bits per heavy atom. The van der Waals surface area contributed by atoms with E-state index in [1.807, 2.05) is 29.6 Å². The summed E-state index contributed by atoms with van der Waals surface area (Å²) in [6.07, 6.45) is 0. The van der Waals surface area contributed by atoms with Crippen LogP contribution in [0.5, 0.6) is 0 Å². The second-order valence-corrected chi connectivity index (χ2v) is 6.68. The number of nitrogens with one attached hydrogen (secondary N) is 1. The van der Waals surface area contributed by atoms with Crippen molar-refractivity contribution in [3.05, 3.63) is 71.1 Å². The van der Waals surface area contributed by atoms with E-state index in [9.17, 15) is 9.59 Å². The first-order chi connectivity index (χ1) is 12.5. The molecule has 0 aliphatic rings. The molecule has 7 N–H and O–H groups in total. The lowest BCUT2D eigenvalue weighted by atomic mass is 10.0. The fraction of sp³-hybridized carbons (Fsp3) is 0.0526. The van der Waals surface area contributed by atoms with Crippen molar-refractivity contribution in [2.24, 2.45) is 11.5 Å². The Morgan fingerprint density at radius 1 is 1.04 bits per heavy atom. The van der Waals surface area contributed by atoms with Crippen LogP contribution < -0.4 is 22.5 Å². The van der Waals surface area contributed by atoms with Gasteiger partial charge in [-0.2, -0.15) is 0 Å². The fourth-order valence-electron chi connectivity index (χ4n) is 2.46. The largest absolute Gasteiger partial charge is 0.397 e. The van der Waals surface area contributed by atoms with Gasteiger partial charge in [0.05, 0.1) is 11.4 Å². The van der Waals surface area contributed by atoms with Crippen molar-refractivity contribution in [2.75, 3.05) is 11.1 Å². The first-order valence-corrected chi connectivity index (χ1v) is 8.73. The van der Waals surface area contributed by atoms with Crippen LogP contribution >= 0.6 is 11.3 Å². The van der Waals surface area contributed by atoms with Crippen LogP contribution in [-0.2, 0) is 4.79 Å². The standard InChI is InChI=1S/C19H18N4O2S/c20-14-8-7-13(16-2-1-9-26-16)10-15(14)23-19(25)12-5-3-11(4-6-12)17(21)18(22)24/h1-10,17H,20-21H2,(H2,22,24)(H,23,25)/t17-/m1/s1. The third-order valence-electron chi connectivity index (χ3n) is 3.95. The Balaban J connectivity index is 1.79. The average Bonchev–Trinajstić information content (AvgIpc) is 3.17. The Bertz CT molecular complexity index is 937. The molecule has 132 valence electrons. The lowest BCUT2D eigenvalue weighted by molar-refractivity contribution is -0.119. The van der Waals surface area contributed by atoms with Crippen molar-refractivity contribution in [3.63, 3.8) is 0 Å². The van der Waals surface area contributed by atoms with E-state index in [4.69, 9.17) is 17.2 Å². The highest BCUT2D eigenvalue weighted by atomic mass is 32.1. The minimum atomic E-state index is -0.898. The van der Waals surface area contributed by atoms with Crippen LogP contribution in [0.15, 0.2) is 60.0 Å². The predicted molar refractivity (Wildman–Crippen MR) is 105 cm³/mol. The lowest BCUT2D eigenvalue weighted by Crippen LogP contribution is -2.28. The average molecular weight is 366 g/mol. The van der Waals surface area contributed by atoms with Gasteiger partial charge in [0.2, 0.25) is 5.91 Å². The lowest BCUT2D eigenvalue weighted by Gasteiger charge is -2.11. The molecule has 0 aliphatic carbocycles. The van der Waals surface area contributed by atoms with Gasteiger partial charge >= 0.3 is 0 Å². The second-order valence-electron chi connectivity index (χ2n) is 5.74. The summed E-state index contributed by atoms with van der Waals surface area (Å²) in [5, 5.41) is 4.81. The van der Waals surface area contributed by atoms with E-state index >= 15 is 0 Å². The zero-order valence-electron chi connectivity index (χ0n) is 13.8. The molecule has 7 heteroatoms. The molecule has 1 aromatic heterocycles. The number of hydrogen-bond donors (Lipinski definition) is 4. The van der Waals surface area contributed by atoms with Gasteiger partial charge in [0.15, 0.2) is 0 Å². The van der Waals surface area contributed by atoms with Crippen molar-refractivity contribution in [3.8, 4) is 10.4 Å². The second kappa shape index (κ2) is 7.38. The van der Waals surface area contributed by atoms with Crippen LogP contribution in [0.1, 0.15) is 22.0 Å². The van der Waals surface area contributed by atoms with E-state index in [0.717, 1.165) is 10.4 Å². The molecule has 2 aromatic carbocycles. The molecule has 6 nitrogen and oxygen atoms in total. The molecule has 0 bridgehead atoms. The van der Waals surface area contributed by atoms with Gasteiger partial charge in [-0.3, -0.25) is 9.59 Å². The molecular formula is C19H18N4O2S. The Morgan fingerprint density at radius 2 is 1.77 bits per heavy atom. The molecule has 1 heterocycles. The third kappa shape index (κ3) is 3.74. The number of thiophene rings is 1. The highest BCUT2D eigenvalue weighted by molar-refractivity contribution is 7.13. The van der Waals surface area contributed by atoms with Gasteiger partial charge in [0, 0.05) is 10.4 Å². The van der Waals surface area contributed by atoms with Gasteiger partial charge < -0.3 is 22.5 Å². The van der Waals surface area contributed by atoms with Gasteiger partial charge in [-0.05, 0) is 46.8 Å². The number of rotatable bonds is 5. The van der Waals surface area contributed by atoms with Gasteiger partial charge in [-0.25, -0.2) is 0 Å². The molecule has 0 aliphatic heterocycles. The smallest absolute Gasteiger partial charge is 0.255 e. The minimum Gasteiger partial charge on any atom is -0.397 e. The molecule has 3 rings (SSSR count). The van der Waals surface area contributed by atoms with Crippen LogP contribution in [0.4, 0.5) is 11.4 Å². The van der Waals surface area contributed by atoms with Gasteiger partial charge in [0.1, 0.15) is 6.04 Å². The zero-order valence-corrected chi connectivity index (χ0v) is 14.6. The number of carbonyl (C=O) groups excluding carboxylic acids is 2. The topological polar surface area (TPSA) is 124 Å². The Hall–Kier alpha value is -3.16. The maximum Gasteiger partial charge on any atom is 0.255 e. The summed E-state index contributed by atoms with van der Waals surface area (Å²) in [4.78, 5) is 24.7. The molecule has 0 saturated carbocycles. The zero-order chi connectivity index (χ0) is 18.7. The van der Waals surface area contributed by atoms with Crippen LogP contribution in [0.25, 0.3) is 10.4 Å². The Labute approximate surface area is 154 Å². The minimum absolute atomic E-state index is 0.306. The maximum absolute atomic E-state index is 12.5. The van der Waals surface area contributed by atoms with Crippen molar-refractivity contribution in [1.82, 2.24) is 0 Å². The summed E-state index contributed by atoms with van der Waals surface area (Å²) in [5.74, 6) is -0.931. The number of nitrogen functional groups attached to an aromatic ring is 1. The molecule has 0 radical (unpaired) electrons. The summed E-state index contributed by atoms with van der Waals surface area (Å²) < 4.78 is 0. The number of nitrogens with two attached hydrogens (primary N) is 3. The van der Waals surface area contributed by atoms with E-state index in [1.165, 1.54) is 0 Å². The molecule has 0 saturated heterocycles. The molecule has 1 atom stereocenters. The van der Waals surface area contributed by atoms with Crippen LogP contribution in [0.3, 0.4) is 0 Å². The third-order valence-corrected chi connectivity index (χ3v) is 4.86. The van der Waals surface area contributed by atoms with E-state index in [1.54, 1.807) is 41.7 Å². The monoisotopic (exact) mass is 366 g/mol. The normalized spacial score (nSPS) is 11.7. The van der Waals surface area contributed by atoms with E-state index in [0.29, 0.717) is 22.5 Å². The first-order valence-electron chi connectivity index (χ1n) is 7.85. The molecule has 3 aromatic rings. The van der Waals surface area contributed by atoms with E-state index in [2.05, 4.69) is 5.32 Å². The van der Waals surface area contributed by atoms with Gasteiger partial charge in [0.25, 0.3) is 5.91 Å². The number of benzene rings is 2. The van der Waals surface area contributed by atoms with Gasteiger partial charge in [-0.1, -0.05) is 24.3 Å². The number of hydrogen-bond acceptors (Lipinski definition) is 5. The van der Waals surface area contributed by atoms with Crippen molar-refractivity contribution in [1.29, 1.82) is 0 Å². The van der Waals surface area contributed by atoms with E-state index in [-0.39, 0.29) is 5.91 Å². The number of anilines is 2. The predicted octanol–water partition coefficient (Wildman–Crippen LogP) is 2.73. The quantitative estimate of drug-likeness (QED) is 0.518. The molecule has 0 fully saturated rings.